The third kappa shape index (κ3) is 6.13. The molecule has 0 amide bonds. The van der Waals surface area contributed by atoms with Crippen molar-refractivity contribution in [2.24, 2.45) is 7.05 Å². The molecule has 3 aromatic rings. The summed E-state index contributed by atoms with van der Waals surface area (Å²) in [6, 6.07) is 11.1. The number of hydrogen-bond donors (Lipinski definition) is 0. The Labute approximate surface area is 236 Å². The molecule has 1 aromatic heterocycles. The third-order valence-corrected chi connectivity index (χ3v) is 9.00. The van der Waals surface area contributed by atoms with Crippen molar-refractivity contribution in [3.63, 3.8) is 0 Å². The molecule has 0 bridgehead atoms. The number of aryl methyl sites for hydroxylation is 1. The van der Waals surface area contributed by atoms with E-state index in [2.05, 4.69) is 20.8 Å². The maximum absolute atomic E-state index is 13.3. The quantitative estimate of drug-likeness (QED) is 0.197. The average Bonchev–Trinajstić information content (AvgIpc) is 3.60. The fourth-order valence-electron chi connectivity index (χ4n) is 5.49. The number of hydrogen-bond acceptors (Lipinski definition) is 5. The van der Waals surface area contributed by atoms with Crippen LogP contribution in [0.15, 0.2) is 45.8 Å². The minimum Gasteiger partial charge on any atom is -0.488 e. The zero-order valence-electron chi connectivity index (χ0n) is 21.2. The summed E-state index contributed by atoms with van der Waals surface area (Å²) in [4.78, 5) is 16.7. The van der Waals surface area contributed by atoms with Crippen LogP contribution in [0.25, 0.3) is 10.9 Å². The first-order chi connectivity index (χ1) is 17.4. The van der Waals surface area contributed by atoms with Crippen LogP contribution in [0.1, 0.15) is 55.1 Å². The predicted molar refractivity (Wildman–Crippen MR) is 153 cm³/mol. The van der Waals surface area contributed by atoms with Crippen molar-refractivity contribution in [1.29, 1.82) is 0 Å². The molecule has 5 nitrogen and oxygen atoms in total. The second-order valence-corrected chi connectivity index (χ2v) is 11.5. The first-order valence-corrected chi connectivity index (χ1v) is 14.5. The van der Waals surface area contributed by atoms with Gasteiger partial charge in [0.25, 0.3) is 0 Å². The Bertz CT molecular complexity index is 1250. The van der Waals surface area contributed by atoms with Gasteiger partial charge in [-0.1, -0.05) is 12.8 Å². The molecule has 5 rings (SSSR count). The van der Waals surface area contributed by atoms with Gasteiger partial charge in [0, 0.05) is 47.9 Å². The summed E-state index contributed by atoms with van der Waals surface area (Å²) >= 11 is 5.28. The van der Waals surface area contributed by atoms with Gasteiger partial charge in [-0.05, 0) is 78.5 Å². The van der Waals surface area contributed by atoms with Crippen LogP contribution in [-0.2, 0) is 17.5 Å². The van der Waals surface area contributed by atoms with Gasteiger partial charge in [-0.25, -0.2) is 9.18 Å². The van der Waals surface area contributed by atoms with Crippen molar-refractivity contribution in [2.45, 2.75) is 61.8 Å². The molecule has 0 N–H and O–H groups in total. The lowest BCUT2D eigenvalue weighted by molar-refractivity contribution is 0.0527. The minimum absolute atomic E-state index is 0. The van der Waals surface area contributed by atoms with Crippen molar-refractivity contribution in [1.82, 2.24) is 9.47 Å². The van der Waals surface area contributed by atoms with Crippen molar-refractivity contribution >= 4 is 57.0 Å². The zero-order valence-corrected chi connectivity index (χ0v) is 24.4. The van der Waals surface area contributed by atoms with Crippen molar-refractivity contribution in [2.75, 3.05) is 19.7 Å². The van der Waals surface area contributed by atoms with E-state index >= 15 is 0 Å². The van der Waals surface area contributed by atoms with Gasteiger partial charge in [-0.15, -0.1) is 24.2 Å². The van der Waals surface area contributed by atoms with E-state index in [1.165, 1.54) is 37.8 Å². The Morgan fingerprint density at radius 3 is 2.59 bits per heavy atom. The average molecular weight is 612 g/mol. The van der Waals surface area contributed by atoms with Crippen molar-refractivity contribution in [3.05, 3.63) is 57.9 Å². The first kappa shape index (κ1) is 28.3. The van der Waals surface area contributed by atoms with E-state index in [0.29, 0.717) is 24.0 Å². The smallest absolute Gasteiger partial charge is 0.340 e. The van der Waals surface area contributed by atoms with Gasteiger partial charge in [0.15, 0.2) is 0 Å². The molecule has 1 aliphatic carbocycles. The number of carbonyl (C=O) groups is 1. The number of ether oxygens (including phenoxy) is 2. The highest BCUT2D eigenvalue weighted by Gasteiger charge is 2.32. The van der Waals surface area contributed by atoms with Crippen LogP contribution in [0.3, 0.4) is 0 Å². The van der Waals surface area contributed by atoms with Gasteiger partial charge in [0.05, 0.1) is 22.2 Å². The summed E-state index contributed by atoms with van der Waals surface area (Å²) in [6.07, 6.45) is 6.42. The second-order valence-electron chi connectivity index (χ2n) is 9.61. The number of thioether (sulfide) groups is 1. The Balaban J connectivity index is 0.00000320. The summed E-state index contributed by atoms with van der Waals surface area (Å²) in [5.74, 6) is 0.716. The lowest BCUT2D eigenvalue weighted by Gasteiger charge is -2.23. The van der Waals surface area contributed by atoms with Gasteiger partial charge in [0.1, 0.15) is 17.7 Å². The normalized spacial score (nSPS) is 18.3. The number of likely N-dealkylation sites (tertiary alicyclic amines) is 1. The molecule has 1 unspecified atom stereocenters. The van der Waals surface area contributed by atoms with Crippen LogP contribution in [0.5, 0.6) is 5.75 Å². The van der Waals surface area contributed by atoms with Crippen LogP contribution >= 0.6 is 40.1 Å². The van der Waals surface area contributed by atoms with Crippen LogP contribution in [-0.4, -0.2) is 47.3 Å². The summed E-state index contributed by atoms with van der Waals surface area (Å²) in [5.41, 5.74) is 2.38. The van der Waals surface area contributed by atoms with Gasteiger partial charge < -0.3 is 14.0 Å². The topological polar surface area (TPSA) is 43.7 Å². The number of carbonyl (C=O) groups excluding carboxylic acids is 1. The molecule has 2 aromatic carbocycles. The number of aromatic nitrogens is 1. The molecule has 2 aliphatic rings. The molecular formula is C28H33BrClFN2O3S. The molecule has 1 saturated heterocycles. The Morgan fingerprint density at radius 2 is 1.89 bits per heavy atom. The molecule has 0 spiro atoms. The van der Waals surface area contributed by atoms with Gasteiger partial charge in [0.2, 0.25) is 0 Å². The van der Waals surface area contributed by atoms with Crippen molar-refractivity contribution in [3.8, 4) is 5.75 Å². The largest absolute Gasteiger partial charge is 0.488 e. The van der Waals surface area contributed by atoms with Gasteiger partial charge in [-0.3, -0.25) is 4.90 Å². The number of benzene rings is 2. The summed E-state index contributed by atoms with van der Waals surface area (Å²) in [6.45, 7) is 4.16. The second kappa shape index (κ2) is 12.4. The standard InChI is InChI=1S/C28H32BrFN2O3S.ClH/c1-3-34-28(33)27-22-14-26(35-20-12-13-32(16-20)19-6-4-5-7-19)23(29)15-24(22)31(2)25(27)17-36-21-10-8-18(30)9-11-21;/h8-11,14-15,19-20H,3-7,12-13,16-17H2,1-2H3;1H. The molecule has 200 valence electrons. The lowest BCUT2D eigenvalue weighted by atomic mass is 10.1. The molecule has 37 heavy (non-hydrogen) atoms. The summed E-state index contributed by atoms with van der Waals surface area (Å²) in [5, 5.41) is 0.828. The predicted octanol–water partition coefficient (Wildman–Crippen LogP) is 7.37. The van der Waals surface area contributed by atoms with Gasteiger partial charge in [-0.2, -0.15) is 0 Å². The lowest BCUT2D eigenvalue weighted by Crippen LogP contribution is -2.32. The molecule has 1 saturated carbocycles. The Morgan fingerprint density at radius 1 is 1.16 bits per heavy atom. The molecule has 2 fully saturated rings. The summed E-state index contributed by atoms with van der Waals surface area (Å²) < 4.78 is 28.2. The highest BCUT2D eigenvalue weighted by molar-refractivity contribution is 9.10. The van der Waals surface area contributed by atoms with Crippen LogP contribution in [0, 0.1) is 5.82 Å². The maximum atomic E-state index is 13.3. The SMILES string of the molecule is CCOC(=O)c1c(CSc2ccc(F)cc2)n(C)c2cc(Br)c(OC3CCN(C4CCCC4)C3)cc12.Cl. The number of nitrogens with zero attached hydrogens (tertiary/aromatic N) is 2. The molecular weight excluding hydrogens is 579 g/mol. The van der Waals surface area contributed by atoms with E-state index in [-0.39, 0.29) is 30.3 Å². The fraction of sp³-hybridized carbons (Fsp3) is 0.464. The Kier molecular flexibility index (Phi) is 9.48. The van der Waals surface area contributed by atoms with E-state index in [0.717, 1.165) is 51.2 Å². The molecule has 1 aliphatic heterocycles. The number of fused-ring (bicyclic) bond motifs is 1. The zero-order chi connectivity index (χ0) is 25.2. The van der Waals surface area contributed by atoms with E-state index in [9.17, 15) is 9.18 Å². The highest BCUT2D eigenvalue weighted by Crippen LogP contribution is 2.38. The summed E-state index contributed by atoms with van der Waals surface area (Å²) in [7, 11) is 1.97. The number of halogens is 3. The van der Waals surface area contributed by atoms with Gasteiger partial charge >= 0.3 is 5.97 Å². The van der Waals surface area contributed by atoms with E-state index in [1.807, 2.05) is 30.7 Å². The number of rotatable bonds is 8. The Hall–Kier alpha value is -1.74. The highest BCUT2D eigenvalue weighted by atomic mass is 79.9. The van der Waals surface area contributed by atoms with Crippen LogP contribution < -0.4 is 4.74 Å². The fourth-order valence-corrected chi connectivity index (χ4v) is 6.89. The molecule has 1 atom stereocenters. The van der Waals surface area contributed by atoms with Crippen LogP contribution in [0.2, 0.25) is 0 Å². The van der Waals surface area contributed by atoms with E-state index in [4.69, 9.17) is 9.47 Å². The third-order valence-electron chi connectivity index (χ3n) is 7.35. The van der Waals surface area contributed by atoms with E-state index < -0.39 is 0 Å². The molecule has 0 radical (unpaired) electrons. The molecule has 9 heteroatoms. The van der Waals surface area contributed by atoms with E-state index in [1.54, 1.807) is 23.9 Å². The number of esters is 1. The van der Waals surface area contributed by atoms with Crippen LogP contribution in [0.4, 0.5) is 4.39 Å². The first-order valence-electron chi connectivity index (χ1n) is 12.7. The molecule has 2 heterocycles. The van der Waals surface area contributed by atoms with Crippen molar-refractivity contribution < 1.29 is 18.7 Å². The maximum Gasteiger partial charge on any atom is 0.340 e. The monoisotopic (exact) mass is 610 g/mol. The minimum atomic E-state index is -0.334.